The summed E-state index contributed by atoms with van der Waals surface area (Å²) < 4.78 is 5.50. The van der Waals surface area contributed by atoms with Crippen LogP contribution in [0.4, 0.5) is 0 Å². The van der Waals surface area contributed by atoms with Crippen LogP contribution in [0.1, 0.15) is 18.4 Å². The predicted octanol–water partition coefficient (Wildman–Crippen LogP) is 1.35. The van der Waals surface area contributed by atoms with Gasteiger partial charge in [0.05, 0.1) is 0 Å². The van der Waals surface area contributed by atoms with Crippen molar-refractivity contribution in [3.63, 3.8) is 0 Å². The van der Waals surface area contributed by atoms with E-state index in [1.165, 1.54) is 0 Å². The molecule has 3 heterocycles. The van der Waals surface area contributed by atoms with Crippen LogP contribution in [-0.2, 0) is 16.1 Å². The molecule has 2 saturated heterocycles. The number of aromatic nitrogens is 1. The second-order valence-corrected chi connectivity index (χ2v) is 6.81. The molecular weight excluding hydrogens is 318 g/mol. The van der Waals surface area contributed by atoms with Crippen LogP contribution in [0.2, 0.25) is 0 Å². The molecule has 6 heteroatoms. The number of para-hydroxylation sites is 1. The van der Waals surface area contributed by atoms with Gasteiger partial charge in [-0.05, 0) is 30.4 Å². The molecule has 1 amide bonds. The first-order valence-corrected chi connectivity index (χ1v) is 8.94. The summed E-state index contributed by atoms with van der Waals surface area (Å²) in [4.78, 5) is 31.8. The summed E-state index contributed by atoms with van der Waals surface area (Å²) in [5.74, 6) is 0.126. The highest BCUT2D eigenvalue weighted by Crippen LogP contribution is 2.17. The monoisotopic (exact) mass is 341 g/mol. The minimum atomic E-state index is -0.241. The van der Waals surface area contributed by atoms with E-state index < -0.39 is 0 Å². The number of carbonyl (C=O) groups excluding carboxylic acids is 1. The molecule has 6 nitrogen and oxygen atoms in total. The Morgan fingerprint density at radius 3 is 2.76 bits per heavy atom. The van der Waals surface area contributed by atoms with Gasteiger partial charge >= 0.3 is 0 Å². The van der Waals surface area contributed by atoms with E-state index in [4.69, 9.17) is 4.74 Å². The number of benzene rings is 1. The van der Waals surface area contributed by atoms with Gasteiger partial charge in [-0.2, -0.15) is 0 Å². The molecular formula is C19H23N3O3. The Balaban J connectivity index is 1.39. The third kappa shape index (κ3) is 3.45. The lowest BCUT2D eigenvalue weighted by atomic mass is 10.1. The lowest BCUT2D eigenvalue weighted by Gasteiger charge is -2.35. The third-order valence-electron chi connectivity index (χ3n) is 5.11. The number of piperazine rings is 1. The first-order chi connectivity index (χ1) is 12.2. The van der Waals surface area contributed by atoms with Crippen LogP contribution in [0, 0.1) is 0 Å². The molecule has 0 radical (unpaired) electrons. The Morgan fingerprint density at radius 2 is 2.00 bits per heavy atom. The van der Waals surface area contributed by atoms with E-state index in [0.717, 1.165) is 42.4 Å². The number of aromatic amines is 1. The number of fused-ring (bicyclic) bond motifs is 1. The summed E-state index contributed by atoms with van der Waals surface area (Å²) in [7, 11) is 0. The van der Waals surface area contributed by atoms with E-state index in [9.17, 15) is 9.59 Å². The average molecular weight is 341 g/mol. The zero-order chi connectivity index (χ0) is 17.2. The normalized spacial score (nSPS) is 21.8. The van der Waals surface area contributed by atoms with E-state index in [2.05, 4.69) is 9.88 Å². The number of amides is 1. The predicted molar refractivity (Wildman–Crippen MR) is 95.4 cm³/mol. The number of nitrogens with zero attached hydrogens (tertiary/aromatic N) is 2. The maximum Gasteiger partial charge on any atom is 0.252 e. The van der Waals surface area contributed by atoms with Crippen LogP contribution in [0.5, 0.6) is 0 Å². The first kappa shape index (κ1) is 16.3. The molecule has 0 saturated carbocycles. The van der Waals surface area contributed by atoms with Gasteiger partial charge in [-0.1, -0.05) is 18.2 Å². The molecule has 2 aliphatic rings. The maximum absolute atomic E-state index is 12.4. The van der Waals surface area contributed by atoms with Crippen molar-refractivity contribution < 1.29 is 9.53 Å². The van der Waals surface area contributed by atoms with Crippen molar-refractivity contribution in [1.29, 1.82) is 0 Å². The number of H-pyrrole nitrogens is 1. The molecule has 1 atom stereocenters. The molecule has 132 valence electrons. The molecule has 2 aromatic rings. The molecule has 1 aromatic heterocycles. The van der Waals surface area contributed by atoms with Crippen LogP contribution in [-0.4, -0.2) is 59.6 Å². The van der Waals surface area contributed by atoms with Crippen molar-refractivity contribution in [3.8, 4) is 0 Å². The quantitative estimate of drug-likeness (QED) is 0.915. The van der Waals surface area contributed by atoms with Gasteiger partial charge in [-0.15, -0.1) is 0 Å². The zero-order valence-electron chi connectivity index (χ0n) is 14.2. The molecule has 1 unspecified atom stereocenters. The van der Waals surface area contributed by atoms with Crippen LogP contribution in [0.3, 0.4) is 0 Å². The number of rotatable bonds is 3. The average Bonchev–Trinajstić information content (AvgIpc) is 3.17. The van der Waals surface area contributed by atoms with E-state index >= 15 is 0 Å². The highest BCUT2D eigenvalue weighted by atomic mass is 16.5. The van der Waals surface area contributed by atoms with Crippen LogP contribution in [0.25, 0.3) is 10.9 Å². The number of pyridine rings is 1. The fourth-order valence-corrected chi connectivity index (χ4v) is 3.65. The summed E-state index contributed by atoms with van der Waals surface area (Å²) in [6.07, 6.45) is 1.57. The highest BCUT2D eigenvalue weighted by molar-refractivity contribution is 5.81. The zero-order valence-corrected chi connectivity index (χ0v) is 14.2. The third-order valence-corrected chi connectivity index (χ3v) is 5.11. The van der Waals surface area contributed by atoms with Gasteiger partial charge < -0.3 is 14.6 Å². The number of hydrogen-bond acceptors (Lipinski definition) is 4. The molecule has 1 aromatic carbocycles. The Morgan fingerprint density at radius 1 is 1.20 bits per heavy atom. The van der Waals surface area contributed by atoms with Crippen LogP contribution >= 0.6 is 0 Å². The van der Waals surface area contributed by atoms with Gasteiger partial charge in [0.1, 0.15) is 6.10 Å². The molecule has 2 aliphatic heterocycles. The van der Waals surface area contributed by atoms with E-state index in [1.54, 1.807) is 0 Å². The SMILES string of the molecule is O=C(C1CCCO1)N1CCN(Cc2cc3ccccc3[nH]c2=O)CC1. The lowest BCUT2D eigenvalue weighted by Crippen LogP contribution is -2.51. The van der Waals surface area contributed by atoms with Gasteiger partial charge in [0, 0.05) is 50.4 Å². The van der Waals surface area contributed by atoms with Crippen LogP contribution in [0.15, 0.2) is 35.1 Å². The maximum atomic E-state index is 12.4. The minimum Gasteiger partial charge on any atom is -0.368 e. The molecule has 0 bridgehead atoms. The highest BCUT2D eigenvalue weighted by Gasteiger charge is 2.30. The van der Waals surface area contributed by atoms with E-state index in [1.807, 2.05) is 35.2 Å². The van der Waals surface area contributed by atoms with E-state index in [0.29, 0.717) is 26.2 Å². The van der Waals surface area contributed by atoms with Crippen molar-refractivity contribution in [2.24, 2.45) is 0 Å². The summed E-state index contributed by atoms with van der Waals surface area (Å²) in [6.45, 7) is 4.27. The summed E-state index contributed by atoms with van der Waals surface area (Å²) in [5.41, 5.74) is 1.61. The van der Waals surface area contributed by atoms with Crippen molar-refractivity contribution in [3.05, 3.63) is 46.2 Å². The largest absolute Gasteiger partial charge is 0.368 e. The van der Waals surface area contributed by atoms with Gasteiger partial charge in [0.15, 0.2) is 0 Å². The Kier molecular flexibility index (Phi) is 4.55. The summed E-state index contributed by atoms with van der Waals surface area (Å²) in [6, 6.07) is 9.78. The second kappa shape index (κ2) is 6.98. The fourth-order valence-electron chi connectivity index (χ4n) is 3.65. The lowest BCUT2D eigenvalue weighted by molar-refractivity contribution is -0.142. The Bertz CT molecular complexity index is 818. The van der Waals surface area contributed by atoms with Gasteiger partial charge in [-0.25, -0.2) is 0 Å². The van der Waals surface area contributed by atoms with Crippen molar-refractivity contribution in [2.45, 2.75) is 25.5 Å². The van der Waals surface area contributed by atoms with Crippen molar-refractivity contribution in [1.82, 2.24) is 14.8 Å². The fraction of sp³-hybridized carbons (Fsp3) is 0.474. The van der Waals surface area contributed by atoms with E-state index in [-0.39, 0.29) is 17.6 Å². The standard InChI is InChI=1S/C19H23N3O3/c23-18-15(12-14-4-1-2-5-16(14)20-18)13-21-7-9-22(10-8-21)19(24)17-6-3-11-25-17/h1-2,4-5,12,17H,3,6-11,13H2,(H,20,23). The Labute approximate surface area is 146 Å². The van der Waals surface area contributed by atoms with Crippen molar-refractivity contribution in [2.75, 3.05) is 32.8 Å². The minimum absolute atomic E-state index is 0.0310. The van der Waals surface area contributed by atoms with Crippen LogP contribution < -0.4 is 5.56 Å². The molecule has 0 aliphatic carbocycles. The second-order valence-electron chi connectivity index (χ2n) is 6.81. The Hall–Kier alpha value is -2.18. The number of nitrogens with one attached hydrogen (secondary N) is 1. The molecule has 1 N–H and O–H groups in total. The molecule has 25 heavy (non-hydrogen) atoms. The smallest absolute Gasteiger partial charge is 0.252 e. The first-order valence-electron chi connectivity index (χ1n) is 8.94. The summed E-state index contributed by atoms with van der Waals surface area (Å²) in [5, 5.41) is 1.05. The molecule has 2 fully saturated rings. The number of ether oxygens (including phenoxy) is 1. The van der Waals surface area contributed by atoms with Gasteiger partial charge in [0.25, 0.3) is 11.5 Å². The molecule has 0 spiro atoms. The summed E-state index contributed by atoms with van der Waals surface area (Å²) >= 11 is 0. The topological polar surface area (TPSA) is 65.6 Å². The number of carbonyl (C=O) groups is 1. The molecule has 4 rings (SSSR count). The number of hydrogen-bond donors (Lipinski definition) is 1. The van der Waals surface area contributed by atoms with Gasteiger partial charge in [0.2, 0.25) is 0 Å². The van der Waals surface area contributed by atoms with Crippen molar-refractivity contribution >= 4 is 16.8 Å². The van der Waals surface area contributed by atoms with Gasteiger partial charge in [-0.3, -0.25) is 14.5 Å².